The summed E-state index contributed by atoms with van der Waals surface area (Å²) in [5, 5.41) is 16.6. The van der Waals surface area contributed by atoms with Gasteiger partial charge in [-0.1, -0.05) is 16.8 Å². The topological polar surface area (TPSA) is 98.9 Å². The van der Waals surface area contributed by atoms with Crippen molar-refractivity contribution >= 4 is 29.2 Å². The van der Waals surface area contributed by atoms with E-state index in [-0.39, 0.29) is 29.7 Å². The van der Waals surface area contributed by atoms with Crippen molar-refractivity contribution in [2.75, 3.05) is 38.0 Å². The SMILES string of the molecule is Cc1cc(NC(=O)CN2CCN(C(=O)c3cc(Cl)ccc3O)CC2)no1. The Bertz CT molecular complexity index is 815. The molecule has 1 fully saturated rings. The van der Waals surface area contributed by atoms with Gasteiger partial charge in [0.2, 0.25) is 5.91 Å². The summed E-state index contributed by atoms with van der Waals surface area (Å²) in [7, 11) is 0. The Labute approximate surface area is 155 Å². The van der Waals surface area contributed by atoms with E-state index in [2.05, 4.69) is 10.5 Å². The van der Waals surface area contributed by atoms with Crippen LogP contribution in [0, 0.1) is 6.92 Å². The third-order valence-electron chi connectivity index (χ3n) is 4.11. The summed E-state index contributed by atoms with van der Waals surface area (Å²) in [6.45, 7) is 3.98. The average molecular weight is 379 g/mol. The number of hydrogen-bond acceptors (Lipinski definition) is 6. The van der Waals surface area contributed by atoms with Gasteiger partial charge in [0.15, 0.2) is 5.82 Å². The number of piperazine rings is 1. The second-order valence-corrected chi connectivity index (χ2v) is 6.54. The molecule has 0 spiro atoms. The number of nitrogens with zero attached hydrogens (tertiary/aromatic N) is 3. The predicted molar refractivity (Wildman–Crippen MR) is 95.3 cm³/mol. The fraction of sp³-hybridized carbons (Fsp3) is 0.353. The maximum absolute atomic E-state index is 12.5. The number of hydrogen-bond donors (Lipinski definition) is 2. The molecule has 2 amide bonds. The van der Waals surface area contributed by atoms with E-state index in [1.807, 2.05) is 4.90 Å². The van der Waals surface area contributed by atoms with Gasteiger partial charge in [-0.05, 0) is 25.1 Å². The summed E-state index contributed by atoms with van der Waals surface area (Å²) < 4.78 is 4.90. The molecule has 1 aliphatic rings. The maximum atomic E-state index is 12.5. The van der Waals surface area contributed by atoms with Crippen molar-refractivity contribution in [3.63, 3.8) is 0 Å². The molecule has 3 rings (SSSR count). The fourth-order valence-electron chi connectivity index (χ4n) is 2.77. The van der Waals surface area contributed by atoms with E-state index in [1.165, 1.54) is 18.2 Å². The van der Waals surface area contributed by atoms with Gasteiger partial charge in [0.1, 0.15) is 11.5 Å². The summed E-state index contributed by atoms with van der Waals surface area (Å²) in [5.41, 5.74) is 0.185. The zero-order valence-corrected chi connectivity index (χ0v) is 15.0. The van der Waals surface area contributed by atoms with Gasteiger partial charge in [0.25, 0.3) is 5.91 Å². The number of aromatic nitrogens is 1. The second-order valence-electron chi connectivity index (χ2n) is 6.10. The first-order valence-corrected chi connectivity index (χ1v) is 8.53. The van der Waals surface area contributed by atoms with Crippen LogP contribution in [0.2, 0.25) is 5.02 Å². The summed E-state index contributed by atoms with van der Waals surface area (Å²) in [6.07, 6.45) is 0. The van der Waals surface area contributed by atoms with Crippen LogP contribution < -0.4 is 5.32 Å². The van der Waals surface area contributed by atoms with Gasteiger partial charge in [-0.15, -0.1) is 0 Å². The first-order valence-electron chi connectivity index (χ1n) is 8.15. The van der Waals surface area contributed by atoms with E-state index < -0.39 is 0 Å². The van der Waals surface area contributed by atoms with Gasteiger partial charge >= 0.3 is 0 Å². The fourth-order valence-corrected chi connectivity index (χ4v) is 2.94. The lowest BCUT2D eigenvalue weighted by atomic mass is 10.1. The number of carbonyl (C=O) groups excluding carboxylic acids is 2. The van der Waals surface area contributed by atoms with Crippen molar-refractivity contribution in [2.45, 2.75) is 6.92 Å². The first kappa shape index (κ1) is 18.2. The van der Waals surface area contributed by atoms with Crippen LogP contribution >= 0.6 is 11.6 Å². The van der Waals surface area contributed by atoms with Crippen LogP contribution in [0.15, 0.2) is 28.8 Å². The molecule has 1 aliphatic heterocycles. The number of halogens is 1. The highest BCUT2D eigenvalue weighted by molar-refractivity contribution is 6.31. The quantitative estimate of drug-likeness (QED) is 0.840. The van der Waals surface area contributed by atoms with Crippen LogP contribution in [0.1, 0.15) is 16.1 Å². The van der Waals surface area contributed by atoms with E-state index in [0.717, 1.165) is 0 Å². The van der Waals surface area contributed by atoms with Crippen molar-refractivity contribution < 1.29 is 19.2 Å². The lowest BCUT2D eigenvalue weighted by molar-refractivity contribution is -0.117. The Balaban J connectivity index is 1.51. The number of phenolic OH excluding ortho intramolecular Hbond substituents is 1. The molecule has 26 heavy (non-hydrogen) atoms. The van der Waals surface area contributed by atoms with Crippen LogP contribution in [-0.4, -0.2) is 64.6 Å². The van der Waals surface area contributed by atoms with Crippen LogP contribution in [0.3, 0.4) is 0 Å². The standard InChI is InChI=1S/C17H19ClN4O4/c1-11-8-15(20-26-11)19-16(24)10-21-4-6-22(7-5-21)17(25)13-9-12(18)2-3-14(13)23/h2-3,8-9,23H,4-7,10H2,1H3,(H,19,20,24). The smallest absolute Gasteiger partial charge is 0.257 e. The van der Waals surface area contributed by atoms with Crippen LogP contribution in [0.25, 0.3) is 0 Å². The molecule has 138 valence electrons. The van der Waals surface area contributed by atoms with Crippen molar-refractivity contribution in [1.29, 1.82) is 0 Å². The highest BCUT2D eigenvalue weighted by Crippen LogP contribution is 2.23. The van der Waals surface area contributed by atoms with Crippen LogP contribution in [-0.2, 0) is 4.79 Å². The van der Waals surface area contributed by atoms with Gasteiger partial charge < -0.3 is 19.8 Å². The summed E-state index contributed by atoms with van der Waals surface area (Å²) in [5.74, 6) is 0.455. The van der Waals surface area contributed by atoms with Crippen molar-refractivity contribution in [3.8, 4) is 5.75 Å². The number of aromatic hydroxyl groups is 1. The maximum Gasteiger partial charge on any atom is 0.257 e. The first-order chi connectivity index (χ1) is 12.4. The van der Waals surface area contributed by atoms with E-state index in [9.17, 15) is 14.7 Å². The van der Waals surface area contributed by atoms with E-state index in [4.69, 9.17) is 16.1 Å². The van der Waals surface area contributed by atoms with E-state index in [0.29, 0.717) is 42.8 Å². The zero-order chi connectivity index (χ0) is 18.7. The molecule has 2 aromatic rings. The average Bonchev–Trinajstić information content (AvgIpc) is 3.01. The molecule has 1 aromatic heterocycles. The Morgan fingerprint density at radius 3 is 2.65 bits per heavy atom. The molecule has 0 radical (unpaired) electrons. The lowest BCUT2D eigenvalue weighted by Crippen LogP contribution is -2.50. The Morgan fingerprint density at radius 2 is 2.00 bits per heavy atom. The van der Waals surface area contributed by atoms with Gasteiger partial charge in [-0.3, -0.25) is 14.5 Å². The molecule has 8 nitrogen and oxygen atoms in total. The molecule has 0 aliphatic carbocycles. The number of aryl methyl sites for hydroxylation is 1. The van der Waals surface area contributed by atoms with Crippen molar-refractivity contribution in [2.24, 2.45) is 0 Å². The van der Waals surface area contributed by atoms with Gasteiger partial charge in [-0.2, -0.15) is 0 Å². The van der Waals surface area contributed by atoms with E-state index >= 15 is 0 Å². The molecule has 0 saturated carbocycles. The number of rotatable bonds is 4. The lowest BCUT2D eigenvalue weighted by Gasteiger charge is -2.34. The normalized spacial score (nSPS) is 15.1. The molecular weight excluding hydrogens is 360 g/mol. The minimum atomic E-state index is -0.271. The minimum Gasteiger partial charge on any atom is -0.507 e. The molecule has 0 bridgehead atoms. The van der Waals surface area contributed by atoms with Gasteiger partial charge in [0.05, 0.1) is 12.1 Å². The molecule has 9 heteroatoms. The Kier molecular flexibility index (Phi) is 5.43. The van der Waals surface area contributed by atoms with Crippen molar-refractivity contribution in [1.82, 2.24) is 15.0 Å². The molecule has 1 aromatic carbocycles. The predicted octanol–water partition coefficient (Wildman–Crippen LogP) is 1.74. The molecule has 0 unspecified atom stereocenters. The number of amides is 2. The Morgan fingerprint density at radius 1 is 1.27 bits per heavy atom. The van der Waals surface area contributed by atoms with Crippen LogP contribution in [0.4, 0.5) is 5.82 Å². The molecule has 0 atom stereocenters. The number of benzene rings is 1. The summed E-state index contributed by atoms with van der Waals surface area (Å²) in [4.78, 5) is 28.2. The monoisotopic (exact) mass is 378 g/mol. The Hall–Kier alpha value is -2.58. The third-order valence-corrected chi connectivity index (χ3v) is 4.35. The molecule has 2 heterocycles. The largest absolute Gasteiger partial charge is 0.507 e. The molecule has 1 saturated heterocycles. The minimum absolute atomic E-state index is 0.0934. The number of carbonyl (C=O) groups is 2. The number of anilines is 1. The summed E-state index contributed by atoms with van der Waals surface area (Å²) in [6, 6.07) is 6.03. The van der Waals surface area contributed by atoms with Crippen molar-refractivity contribution in [3.05, 3.63) is 40.6 Å². The highest BCUT2D eigenvalue weighted by atomic mass is 35.5. The van der Waals surface area contributed by atoms with E-state index in [1.54, 1.807) is 17.9 Å². The molecular formula is C17H19ClN4O4. The van der Waals surface area contributed by atoms with Gasteiger partial charge in [0, 0.05) is 37.3 Å². The van der Waals surface area contributed by atoms with Crippen LogP contribution in [0.5, 0.6) is 5.75 Å². The number of nitrogens with one attached hydrogen (secondary N) is 1. The third kappa shape index (κ3) is 4.33. The molecule has 2 N–H and O–H groups in total. The zero-order valence-electron chi connectivity index (χ0n) is 14.2. The van der Waals surface area contributed by atoms with Gasteiger partial charge in [-0.25, -0.2) is 0 Å². The number of phenols is 1. The second kappa shape index (κ2) is 7.76. The highest BCUT2D eigenvalue weighted by Gasteiger charge is 2.25. The summed E-state index contributed by atoms with van der Waals surface area (Å²) >= 11 is 5.90.